The lowest BCUT2D eigenvalue weighted by Crippen LogP contribution is -2.37. The zero-order chi connectivity index (χ0) is 18.4. The van der Waals surface area contributed by atoms with Crippen LogP contribution in [0, 0.1) is 0 Å². The minimum atomic E-state index is -3.84. The molecule has 0 spiro atoms. The fourth-order valence-corrected chi connectivity index (χ4v) is 3.58. The van der Waals surface area contributed by atoms with Gasteiger partial charge in [-0.15, -0.1) is 4.40 Å². The Labute approximate surface area is 152 Å². The maximum absolute atomic E-state index is 12.5. The van der Waals surface area contributed by atoms with Gasteiger partial charge in [0.15, 0.2) is 0 Å². The molecule has 0 aliphatic carbocycles. The van der Waals surface area contributed by atoms with E-state index >= 15 is 0 Å². The number of rotatable bonds is 4. The Morgan fingerprint density at radius 1 is 1.04 bits per heavy atom. The van der Waals surface area contributed by atoms with E-state index in [1.165, 1.54) is 18.3 Å². The predicted octanol–water partition coefficient (Wildman–Crippen LogP) is 2.16. The van der Waals surface area contributed by atoms with Crippen LogP contribution in [0.3, 0.4) is 0 Å². The molecule has 0 radical (unpaired) electrons. The maximum atomic E-state index is 12.5. The zero-order valence-electron chi connectivity index (χ0n) is 14.1. The second-order valence-corrected chi connectivity index (χ2v) is 7.43. The van der Waals surface area contributed by atoms with E-state index in [0.29, 0.717) is 18.7 Å². The number of phenolic OH excluding ortho intramolecular Hbond substituents is 1. The quantitative estimate of drug-likeness (QED) is 0.487. The van der Waals surface area contributed by atoms with Crippen LogP contribution in [-0.2, 0) is 10.0 Å². The van der Waals surface area contributed by atoms with Crippen LogP contribution >= 0.6 is 0 Å². The van der Waals surface area contributed by atoms with E-state index in [9.17, 15) is 13.5 Å². The van der Waals surface area contributed by atoms with Gasteiger partial charge in [0.05, 0.1) is 11.1 Å². The van der Waals surface area contributed by atoms with Crippen molar-refractivity contribution in [1.29, 1.82) is 0 Å². The van der Waals surface area contributed by atoms with E-state index in [1.54, 1.807) is 42.5 Å². The molecular weight excluding hydrogens is 352 g/mol. The van der Waals surface area contributed by atoms with E-state index in [1.807, 2.05) is 4.90 Å². The molecule has 3 rings (SSSR count). The first-order valence-electron chi connectivity index (χ1n) is 8.28. The van der Waals surface area contributed by atoms with Gasteiger partial charge in [0.25, 0.3) is 10.0 Å². The van der Waals surface area contributed by atoms with Gasteiger partial charge < -0.3 is 10.0 Å². The van der Waals surface area contributed by atoms with E-state index in [0.717, 1.165) is 12.8 Å². The first kappa shape index (κ1) is 17.9. The number of guanidine groups is 1. The molecular formula is C18H20N4O3S. The fraction of sp³-hybridized carbons (Fsp3) is 0.222. The molecule has 0 atom stereocenters. The lowest BCUT2D eigenvalue weighted by atomic mass is 10.2. The number of para-hydroxylation sites is 1. The smallest absolute Gasteiger partial charge is 0.285 e. The molecule has 26 heavy (non-hydrogen) atoms. The average Bonchev–Trinajstić information content (AvgIpc) is 3.18. The van der Waals surface area contributed by atoms with Gasteiger partial charge in [0.1, 0.15) is 5.75 Å². The summed E-state index contributed by atoms with van der Waals surface area (Å²) in [5, 5.41) is 13.8. The zero-order valence-corrected chi connectivity index (χ0v) is 14.9. The molecule has 1 heterocycles. The Morgan fingerprint density at radius 3 is 2.38 bits per heavy atom. The van der Waals surface area contributed by atoms with Crippen molar-refractivity contribution in [2.75, 3.05) is 13.1 Å². The van der Waals surface area contributed by atoms with E-state index in [4.69, 9.17) is 0 Å². The molecule has 0 aromatic heterocycles. The molecule has 1 saturated heterocycles. The van der Waals surface area contributed by atoms with Crippen molar-refractivity contribution in [1.82, 2.24) is 10.3 Å². The number of likely N-dealkylation sites (tertiary alicyclic amines) is 1. The van der Waals surface area contributed by atoms with Gasteiger partial charge >= 0.3 is 0 Å². The molecule has 7 nitrogen and oxygen atoms in total. The summed E-state index contributed by atoms with van der Waals surface area (Å²) < 4.78 is 29.0. The second-order valence-electron chi connectivity index (χ2n) is 5.83. The van der Waals surface area contributed by atoms with Crippen LogP contribution in [0.4, 0.5) is 0 Å². The summed E-state index contributed by atoms with van der Waals surface area (Å²) in [5.41, 5.74) is 3.24. The molecule has 2 aromatic carbocycles. The Bertz CT molecular complexity index is 905. The van der Waals surface area contributed by atoms with Gasteiger partial charge in [-0.05, 0) is 37.1 Å². The monoisotopic (exact) mass is 372 g/mol. The number of nitrogens with one attached hydrogen (secondary N) is 1. The van der Waals surface area contributed by atoms with Crippen molar-refractivity contribution < 1.29 is 13.5 Å². The molecule has 0 bridgehead atoms. The van der Waals surface area contributed by atoms with Gasteiger partial charge in [-0.25, -0.2) is 5.43 Å². The normalized spacial score (nSPS) is 15.5. The summed E-state index contributed by atoms with van der Waals surface area (Å²) in [4.78, 5) is 1.98. The lowest BCUT2D eigenvalue weighted by molar-refractivity contribution is 0.474. The largest absolute Gasteiger partial charge is 0.507 e. The minimum Gasteiger partial charge on any atom is -0.507 e. The molecule has 1 aliphatic heterocycles. The van der Waals surface area contributed by atoms with Gasteiger partial charge in [-0.3, -0.25) is 0 Å². The molecule has 0 unspecified atom stereocenters. The van der Waals surface area contributed by atoms with Crippen molar-refractivity contribution in [2.45, 2.75) is 17.7 Å². The van der Waals surface area contributed by atoms with Crippen molar-refractivity contribution in [3.63, 3.8) is 0 Å². The number of aromatic hydroxyl groups is 1. The van der Waals surface area contributed by atoms with E-state index < -0.39 is 10.0 Å². The Hall–Kier alpha value is -2.87. The van der Waals surface area contributed by atoms with Gasteiger partial charge in [0.2, 0.25) is 5.96 Å². The highest BCUT2D eigenvalue weighted by molar-refractivity contribution is 7.90. The second kappa shape index (κ2) is 8.01. The molecule has 0 amide bonds. The van der Waals surface area contributed by atoms with Gasteiger partial charge in [-0.1, -0.05) is 30.3 Å². The van der Waals surface area contributed by atoms with Crippen LogP contribution in [0.1, 0.15) is 18.4 Å². The van der Waals surface area contributed by atoms with Crippen LogP contribution < -0.4 is 5.43 Å². The third kappa shape index (κ3) is 4.40. The fourth-order valence-electron chi connectivity index (χ4n) is 2.59. The number of nitrogens with zero attached hydrogens (tertiary/aromatic N) is 3. The standard InChI is InChI=1S/C18H20N4O3S/c23-17-11-5-4-8-15(17)14-19-20-18(22-12-6-7-13-22)21-26(24,25)16-9-2-1-3-10-16/h1-5,8-11,14,23H,6-7,12-13H2,(H,20,21). The molecule has 1 aliphatic rings. The van der Waals surface area contributed by atoms with E-state index in [2.05, 4.69) is 14.9 Å². The van der Waals surface area contributed by atoms with Crippen LogP contribution in [0.2, 0.25) is 0 Å². The van der Waals surface area contributed by atoms with Crippen molar-refractivity contribution in [2.24, 2.45) is 9.50 Å². The highest BCUT2D eigenvalue weighted by atomic mass is 32.2. The predicted molar refractivity (Wildman–Crippen MR) is 101 cm³/mol. The topological polar surface area (TPSA) is 94.4 Å². The van der Waals surface area contributed by atoms with Gasteiger partial charge in [-0.2, -0.15) is 13.5 Å². The van der Waals surface area contributed by atoms with Crippen LogP contribution in [0.5, 0.6) is 5.75 Å². The SMILES string of the molecule is O=S(=O)(N=C(NN=Cc1ccccc1O)N1CCCC1)c1ccccc1. The summed E-state index contributed by atoms with van der Waals surface area (Å²) in [6.07, 6.45) is 3.36. The molecule has 2 aromatic rings. The highest BCUT2D eigenvalue weighted by Crippen LogP contribution is 2.15. The molecule has 8 heteroatoms. The molecule has 0 saturated carbocycles. The number of phenols is 1. The average molecular weight is 372 g/mol. The summed E-state index contributed by atoms with van der Waals surface area (Å²) in [6.45, 7) is 1.42. The van der Waals surface area contributed by atoms with Crippen LogP contribution in [0.15, 0.2) is 69.0 Å². The maximum Gasteiger partial charge on any atom is 0.285 e. The Kier molecular flexibility index (Phi) is 5.52. The Balaban J connectivity index is 1.85. The van der Waals surface area contributed by atoms with Gasteiger partial charge in [0, 0.05) is 18.7 Å². The summed E-state index contributed by atoms with van der Waals surface area (Å²) in [6, 6.07) is 14.8. The third-order valence-corrected chi connectivity index (χ3v) is 5.24. The summed E-state index contributed by atoms with van der Waals surface area (Å²) >= 11 is 0. The first-order chi connectivity index (χ1) is 12.6. The summed E-state index contributed by atoms with van der Waals surface area (Å²) in [7, 11) is -3.84. The number of hydrogen-bond acceptors (Lipinski definition) is 4. The highest BCUT2D eigenvalue weighted by Gasteiger charge is 2.20. The molecule has 136 valence electrons. The van der Waals surface area contributed by atoms with Crippen molar-refractivity contribution in [3.8, 4) is 5.75 Å². The lowest BCUT2D eigenvalue weighted by Gasteiger charge is -2.18. The molecule has 1 fully saturated rings. The van der Waals surface area contributed by atoms with Crippen LogP contribution in [0.25, 0.3) is 0 Å². The van der Waals surface area contributed by atoms with Crippen molar-refractivity contribution in [3.05, 3.63) is 60.2 Å². The number of benzene rings is 2. The Morgan fingerprint density at radius 2 is 1.69 bits per heavy atom. The van der Waals surface area contributed by atoms with Crippen LogP contribution in [-0.4, -0.2) is 43.7 Å². The number of hydrogen-bond donors (Lipinski definition) is 2. The summed E-state index contributed by atoms with van der Waals surface area (Å²) in [5.74, 6) is 0.271. The minimum absolute atomic E-state index is 0.0922. The number of hydrazone groups is 1. The number of sulfonamides is 1. The third-order valence-electron chi connectivity index (χ3n) is 3.96. The van der Waals surface area contributed by atoms with E-state index in [-0.39, 0.29) is 16.6 Å². The molecule has 2 N–H and O–H groups in total. The van der Waals surface area contributed by atoms with Crippen molar-refractivity contribution >= 4 is 22.2 Å². The first-order valence-corrected chi connectivity index (χ1v) is 9.72.